The number of benzene rings is 1. The van der Waals surface area contributed by atoms with Crippen molar-refractivity contribution in [3.63, 3.8) is 0 Å². The lowest BCUT2D eigenvalue weighted by molar-refractivity contribution is 0.366. The highest BCUT2D eigenvalue weighted by Crippen LogP contribution is 2.25. The summed E-state index contributed by atoms with van der Waals surface area (Å²) in [4.78, 5) is 34.5. The molecule has 0 aliphatic carbocycles. The van der Waals surface area contributed by atoms with Crippen LogP contribution < -0.4 is 11.2 Å². The molecule has 0 atom stereocenters. The topological polar surface area (TPSA) is 95.3 Å². The van der Waals surface area contributed by atoms with E-state index in [4.69, 9.17) is 39.3 Å². The third-order valence-electron chi connectivity index (χ3n) is 5.40. The number of halogens is 3. The van der Waals surface area contributed by atoms with Crippen LogP contribution in [0.3, 0.4) is 0 Å². The van der Waals surface area contributed by atoms with Crippen LogP contribution in [0.5, 0.6) is 0 Å². The van der Waals surface area contributed by atoms with Gasteiger partial charge >= 0.3 is 5.69 Å². The monoisotopic (exact) mass is 509 g/mol. The van der Waals surface area contributed by atoms with Crippen LogP contribution in [0.4, 0.5) is 5.82 Å². The molecule has 0 spiro atoms. The molecule has 174 valence electrons. The summed E-state index contributed by atoms with van der Waals surface area (Å²) in [6, 6.07) is 5.34. The molecule has 3 heterocycles. The largest absolute Gasteiger partial charge is 0.339 e. The van der Waals surface area contributed by atoms with E-state index in [-0.39, 0.29) is 24.2 Å². The zero-order chi connectivity index (χ0) is 23.5. The maximum atomic E-state index is 13.0. The summed E-state index contributed by atoms with van der Waals surface area (Å²) in [5, 5.41) is 5.28. The molecule has 1 aromatic carbocycles. The van der Waals surface area contributed by atoms with Gasteiger partial charge in [-0.15, -0.1) is 0 Å². The minimum atomic E-state index is -0.367. The fraction of sp³-hybridized carbons (Fsp3) is 0.409. The molecule has 2 aromatic heterocycles. The molecule has 0 N–H and O–H groups in total. The highest BCUT2D eigenvalue weighted by atomic mass is 35.5. The Kier molecular flexibility index (Phi) is 7.36. The van der Waals surface area contributed by atoms with Gasteiger partial charge in [-0.2, -0.15) is 4.98 Å². The lowest BCUT2D eigenvalue weighted by Gasteiger charge is -2.13. The second-order valence-electron chi connectivity index (χ2n) is 7.84. The van der Waals surface area contributed by atoms with Gasteiger partial charge in [0.25, 0.3) is 5.56 Å². The van der Waals surface area contributed by atoms with Crippen LogP contribution in [0.2, 0.25) is 10.0 Å². The summed E-state index contributed by atoms with van der Waals surface area (Å²) >= 11 is 18.1. The third-order valence-corrected chi connectivity index (χ3v) is 6.36. The fourth-order valence-electron chi connectivity index (χ4n) is 3.73. The molecule has 0 unspecified atom stereocenters. The van der Waals surface area contributed by atoms with Crippen LogP contribution in [0.15, 0.2) is 37.3 Å². The summed E-state index contributed by atoms with van der Waals surface area (Å²) in [7, 11) is 0. The Morgan fingerprint density at radius 1 is 1.06 bits per heavy atom. The standard InChI is InChI=1S/C22H22Cl3N5O3/c1-2-3-8-29-20-14(12-17(25)26-20)21(31)30(22(29)32)9-4-5-19-27-18(28-33-19)11-13-6-7-15(23)16(24)10-13/h6-7,10H,2-5,8-9,11-12H2,1H3. The molecular formula is C22H22Cl3N5O3. The Hall–Kier alpha value is -2.42. The zero-order valence-corrected chi connectivity index (χ0v) is 20.3. The number of fused-ring (bicyclic) bond motifs is 1. The molecule has 1 aliphatic heterocycles. The average Bonchev–Trinajstić information content (AvgIpc) is 3.39. The molecule has 11 heteroatoms. The molecule has 0 saturated heterocycles. The molecule has 0 radical (unpaired) electrons. The zero-order valence-electron chi connectivity index (χ0n) is 18.0. The first-order valence-corrected chi connectivity index (χ1v) is 11.9. The second-order valence-corrected chi connectivity index (χ2v) is 9.10. The van der Waals surface area contributed by atoms with E-state index >= 15 is 0 Å². The van der Waals surface area contributed by atoms with E-state index in [2.05, 4.69) is 15.1 Å². The van der Waals surface area contributed by atoms with Gasteiger partial charge in [-0.3, -0.25) is 13.9 Å². The van der Waals surface area contributed by atoms with Gasteiger partial charge in [0.15, 0.2) is 5.82 Å². The first-order chi connectivity index (χ1) is 15.9. The maximum Gasteiger partial charge on any atom is 0.332 e. The Labute approximate surface area is 204 Å². The number of hydrogen-bond donors (Lipinski definition) is 0. The maximum absolute atomic E-state index is 13.0. The summed E-state index contributed by atoms with van der Waals surface area (Å²) in [6.45, 7) is 2.77. The van der Waals surface area contributed by atoms with E-state index in [1.165, 1.54) is 4.57 Å². The van der Waals surface area contributed by atoms with E-state index in [1.807, 2.05) is 13.0 Å². The normalized spacial score (nSPS) is 12.8. The summed E-state index contributed by atoms with van der Waals surface area (Å²) in [5.74, 6) is 1.35. The summed E-state index contributed by atoms with van der Waals surface area (Å²) in [5.41, 5.74) is 0.675. The third kappa shape index (κ3) is 5.23. The number of aryl methyl sites for hydroxylation is 1. The van der Waals surface area contributed by atoms with Gasteiger partial charge in [0.1, 0.15) is 11.0 Å². The first kappa shape index (κ1) is 23.7. The number of rotatable bonds is 9. The van der Waals surface area contributed by atoms with Crippen molar-refractivity contribution in [1.82, 2.24) is 19.3 Å². The van der Waals surface area contributed by atoms with Crippen molar-refractivity contribution >= 4 is 45.8 Å². The lowest BCUT2D eigenvalue weighted by atomic mass is 10.1. The Balaban J connectivity index is 1.45. The van der Waals surface area contributed by atoms with Crippen molar-refractivity contribution < 1.29 is 4.52 Å². The molecular weight excluding hydrogens is 489 g/mol. The molecule has 33 heavy (non-hydrogen) atoms. The van der Waals surface area contributed by atoms with E-state index < -0.39 is 0 Å². The highest BCUT2D eigenvalue weighted by Gasteiger charge is 2.24. The molecule has 4 rings (SSSR count). The Morgan fingerprint density at radius 3 is 2.61 bits per heavy atom. The molecule has 0 fully saturated rings. The number of hydrogen-bond acceptors (Lipinski definition) is 6. The van der Waals surface area contributed by atoms with Gasteiger partial charge in [-0.1, -0.05) is 59.4 Å². The van der Waals surface area contributed by atoms with Crippen molar-refractivity contribution in [3.05, 3.63) is 71.9 Å². The van der Waals surface area contributed by atoms with Gasteiger partial charge in [-0.25, -0.2) is 9.79 Å². The minimum Gasteiger partial charge on any atom is -0.339 e. The molecule has 0 bridgehead atoms. The van der Waals surface area contributed by atoms with E-state index in [0.29, 0.717) is 64.1 Å². The lowest BCUT2D eigenvalue weighted by Crippen LogP contribution is -2.41. The van der Waals surface area contributed by atoms with Crippen molar-refractivity contribution in [1.29, 1.82) is 0 Å². The quantitative estimate of drug-likeness (QED) is 0.421. The minimum absolute atomic E-state index is 0.235. The van der Waals surface area contributed by atoms with Crippen molar-refractivity contribution in [2.75, 3.05) is 0 Å². The summed E-state index contributed by atoms with van der Waals surface area (Å²) in [6.07, 6.45) is 3.35. The van der Waals surface area contributed by atoms with Crippen molar-refractivity contribution in [2.45, 2.75) is 58.5 Å². The van der Waals surface area contributed by atoms with E-state index in [9.17, 15) is 9.59 Å². The van der Waals surface area contributed by atoms with Crippen LogP contribution in [0, 0.1) is 0 Å². The SMILES string of the molecule is CCCCn1c2c(c(=O)n(CCCc3nc(Cc4ccc(Cl)c(Cl)c4)no3)c1=O)CC(Cl)=N2. The van der Waals surface area contributed by atoms with Crippen LogP contribution in [0.1, 0.15) is 49.0 Å². The molecule has 1 aliphatic rings. The number of nitrogens with zero attached hydrogens (tertiary/aromatic N) is 5. The van der Waals surface area contributed by atoms with Crippen molar-refractivity contribution in [2.24, 2.45) is 4.99 Å². The highest BCUT2D eigenvalue weighted by molar-refractivity contribution is 6.66. The van der Waals surface area contributed by atoms with Crippen LogP contribution in [0.25, 0.3) is 0 Å². The van der Waals surface area contributed by atoms with Crippen molar-refractivity contribution in [3.8, 4) is 0 Å². The van der Waals surface area contributed by atoms with E-state index in [0.717, 1.165) is 18.4 Å². The van der Waals surface area contributed by atoms with Crippen LogP contribution in [-0.2, 0) is 32.4 Å². The second kappa shape index (κ2) is 10.2. The predicted octanol–water partition coefficient (Wildman–Crippen LogP) is 4.55. The van der Waals surface area contributed by atoms with Crippen LogP contribution in [-0.4, -0.2) is 24.4 Å². The smallest absolute Gasteiger partial charge is 0.332 e. The van der Waals surface area contributed by atoms with E-state index in [1.54, 1.807) is 16.7 Å². The summed E-state index contributed by atoms with van der Waals surface area (Å²) < 4.78 is 8.14. The van der Waals surface area contributed by atoms with Gasteiger partial charge in [0, 0.05) is 32.4 Å². The number of unbranched alkanes of at least 4 members (excludes halogenated alkanes) is 1. The predicted molar refractivity (Wildman–Crippen MR) is 128 cm³/mol. The van der Waals surface area contributed by atoms with Crippen LogP contribution >= 0.6 is 34.8 Å². The van der Waals surface area contributed by atoms with Gasteiger partial charge < -0.3 is 4.52 Å². The molecule has 0 amide bonds. The van der Waals surface area contributed by atoms with Gasteiger partial charge in [0.2, 0.25) is 5.89 Å². The number of aliphatic imine (C=N–C) groups is 1. The van der Waals surface area contributed by atoms with Gasteiger partial charge in [0.05, 0.1) is 15.6 Å². The van der Waals surface area contributed by atoms with Gasteiger partial charge in [-0.05, 0) is 30.5 Å². The Bertz CT molecular complexity index is 1330. The average molecular weight is 511 g/mol. The first-order valence-electron chi connectivity index (χ1n) is 10.7. The number of aromatic nitrogens is 4. The Morgan fingerprint density at radius 2 is 1.85 bits per heavy atom. The molecule has 3 aromatic rings. The fourth-order valence-corrected chi connectivity index (χ4v) is 4.26. The molecule has 8 nitrogen and oxygen atoms in total. The molecule has 0 saturated carbocycles.